The van der Waals surface area contributed by atoms with Crippen LogP contribution in [0.3, 0.4) is 0 Å². The molecule has 6 nitrogen and oxygen atoms in total. The lowest BCUT2D eigenvalue weighted by atomic mass is 9.63. The Morgan fingerprint density at radius 2 is 2.00 bits per heavy atom. The monoisotopic (exact) mass is 298 g/mol. The van der Waals surface area contributed by atoms with Crippen LogP contribution in [0.4, 0.5) is 4.79 Å². The minimum atomic E-state index is -0.788. The Labute approximate surface area is 125 Å². The molecule has 0 bridgehead atoms. The van der Waals surface area contributed by atoms with Crippen molar-refractivity contribution in [3.05, 3.63) is 0 Å². The van der Waals surface area contributed by atoms with Crippen LogP contribution in [0.25, 0.3) is 0 Å². The van der Waals surface area contributed by atoms with E-state index in [2.05, 4.69) is 5.32 Å². The lowest BCUT2D eigenvalue weighted by molar-refractivity contribution is -0.154. The van der Waals surface area contributed by atoms with Crippen molar-refractivity contribution < 1.29 is 19.4 Å². The van der Waals surface area contributed by atoms with Gasteiger partial charge in [-0.05, 0) is 33.6 Å². The molecule has 0 aromatic carbocycles. The third-order valence-corrected chi connectivity index (χ3v) is 4.92. The highest BCUT2D eigenvalue weighted by molar-refractivity contribution is 5.77. The van der Waals surface area contributed by atoms with Crippen molar-refractivity contribution in [1.82, 2.24) is 10.2 Å². The van der Waals surface area contributed by atoms with Gasteiger partial charge in [0.25, 0.3) is 0 Å². The second kappa shape index (κ2) is 5.16. The molecule has 2 heterocycles. The van der Waals surface area contributed by atoms with Crippen LogP contribution in [0, 0.1) is 10.8 Å². The van der Waals surface area contributed by atoms with Crippen molar-refractivity contribution >= 4 is 12.1 Å². The average Bonchev–Trinajstić information content (AvgIpc) is 2.93. The minimum Gasteiger partial charge on any atom is -0.481 e. The maximum absolute atomic E-state index is 12.2. The van der Waals surface area contributed by atoms with Gasteiger partial charge >= 0.3 is 12.1 Å². The second-order valence-electron chi connectivity index (χ2n) is 7.28. The van der Waals surface area contributed by atoms with Crippen LogP contribution in [0.5, 0.6) is 0 Å². The molecule has 0 radical (unpaired) electrons. The molecule has 120 valence electrons. The predicted octanol–water partition coefficient (Wildman–Crippen LogP) is 1.70. The number of carboxylic acids is 1. The average molecular weight is 298 g/mol. The largest absolute Gasteiger partial charge is 0.481 e. The molecular formula is C15H26N2O4. The predicted molar refractivity (Wildman–Crippen MR) is 78.1 cm³/mol. The van der Waals surface area contributed by atoms with E-state index in [0.717, 1.165) is 0 Å². The summed E-state index contributed by atoms with van der Waals surface area (Å²) in [5.41, 5.74) is -1.70. The number of ether oxygens (including phenoxy) is 1. The van der Waals surface area contributed by atoms with Gasteiger partial charge in [0.15, 0.2) is 0 Å². The fourth-order valence-corrected chi connectivity index (χ4v) is 3.72. The fourth-order valence-electron chi connectivity index (χ4n) is 3.72. The topological polar surface area (TPSA) is 78.9 Å². The third-order valence-electron chi connectivity index (χ3n) is 4.92. The van der Waals surface area contributed by atoms with E-state index >= 15 is 0 Å². The normalized spacial score (nSPS) is 32.7. The lowest BCUT2D eigenvalue weighted by Crippen LogP contribution is -2.49. The Morgan fingerprint density at radius 1 is 1.33 bits per heavy atom. The number of amides is 1. The highest BCUT2D eigenvalue weighted by Gasteiger charge is 2.61. The van der Waals surface area contributed by atoms with Crippen LogP contribution in [-0.4, -0.2) is 53.8 Å². The first-order valence-corrected chi connectivity index (χ1v) is 7.58. The van der Waals surface area contributed by atoms with E-state index in [-0.39, 0.29) is 11.5 Å². The highest BCUT2D eigenvalue weighted by atomic mass is 16.6. The van der Waals surface area contributed by atoms with Gasteiger partial charge in [-0.25, -0.2) is 4.79 Å². The Hall–Kier alpha value is -1.30. The van der Waals surface area contributed by atoms with Crippen molar-refractivity contribution in [3.8, 4) is 0 Å². The third kappa shape index (κ3) is 2.61. The van der Waals surface area contributed by atoms with Crippen molar-refractivity contribution in [2.24, 2.45) is 10.8 Å². The van der Waals surface area contributed by atoms with Crippen molar-refractivity contribution in [2.75, 3.05) is 26.2 Å². The van der Waals surface area contributed by atoms with Crippen LogP contribution >= 0.6 is 0 Å². The first-order valence-electron chi connectivity index (χ1n) is 7.58. The second-order valence-corrected chi connectivity index (χ2v) is 7.28. The zero-order valence-electron chi connectivity index (χ0n) is 13.4. The van der Waals surface area contributed by atoms with E-state index in [1.165, 1.54) is 0 Å². The molecule has 21 heavy (non-hydrogen) atoms. The fraction of sp³-hybridized carbons (Fsp3) is 0.867. The molecule has 6 heteroatoms. The zero-order valence-corrected chi connectivity index (χ0v) is 13.4. The number of hydrogen-bond donors (Lipinski definition) is 2. The number of nitrogens with zero attached hydrogens (tertiary/aromatic N) is 1. The van der Waals surface area contributed by atoms with Gasteiger partial charge in [-0.2, -0.15) is 0 Å². The summed E-state index contributed by atoms with van der Waals surface area (Å²) >= 11 is 0. The standard InChI is InChI=1S/C15H26N2O4/c1-5-15(11(18)19)9-16-8-14(15)6-7-17(10-14)12(20)21-13(2,3)4/h16H,5-10H2,1-4H3,(H,18,19)/t14-,15+/m1/s1. The SMILES string of the molecule is CC[C@@]1(C(=O)O)CNC[C@@]12CCN(C(=O)OC(C)(C)C)C2. The van der Waals surface area contributed by atoms with Crippen LogP contribution in [0.2, 0.25) is 0 Å². The molecule has 0 aromatic rings. The summed E-state index contributed by atoms with van der Waals surface area (Å²) in [6, 6.07) is 0. The van der Waals surface area contributed by atoms with E-state index in [9.17, 15) is 14.7 Å². The molecule has 0 aliphatic carbocycles. The van der Waals surface area contributed by atoms with Gasteiger partial charge in [0.1, 0.15) is 5.60 Å². The minimum absolute atomic E-state index is 0.346. The van der Waals surface area contributed by atoms with E-state index < -0.39 is 17.0 Å². The van der Waals surface area contributed by atoms with E-state index in [0.29, 0.717) is 39.0 Å². The Morgan fingerprint density at radius 3 is 2.52 bits per heavy atom. The molecule has 2 fully saturated rings. The molecule has 1 spiro atoms. The van der Waals surface area contributed by atoms with E-state index in [4.69, 9.17) is 4.74 Å². The Balaban J connectivity index is 2.17. The molecule has 0 saturated carbocycles. The Kier molecular flexibility index (Phi) is 3.95. The molecule has 2 rings (SSSR count). The maximum Gasteiger partial charge on any atom is 0.410 e. The first-order chi connectivity index (χ1) is 9.66. The summed E-state index contributed by atoms with van der Waals surface area (Å²) < 4.78 is 5.41. The number of rotatable bonds is 2. The molecular weight excluding hydrogens is 272 g/mol. The van der Waals surface area contributed by atoms with Gasteiger partial charge in [0.2, 0.25) is 0 Å². The number of hydrogen-bond acceptors (Lipinski definition) is 4. The summed E-state index contributed by atoms with van der Waals surface area (Å²) in [6.07, 6.45) is 0.929. The number of aliphatic carboxylic acids is 1. The van der Waals surface area contributed by atoms with Crippen LogP contribution in [0.15, 0.2) is 0 Å². The summed E-state index contributed by atoms with van der Waals surface area (Å²) in [7, 11) is 0. The molecule has 0 unspecified atom stereocenters. The highest BCUT2D eigenvalue weighted by Crippen LogP contribution is 2.51. The van der Waals surface area contributed by atoms with Gasteiger partial charge < -0.3 is 20.1 Å². The molecule has 0 aromatic heterocycles. The van der Waals surface area contributed by atoms with Gasteiger partial charge in [-0.1, -0.05) is 6.92 Å². The lowest BCUT2D eigenvalue weighted by Gasteiger charge is -2.38. The summed E-state index contributed by atoms with van der Waals surface area (Å²) in [5.74, 6) is -0.763. The van der Waals surface area contributed by atoms with Crippen LogP contribution < -0.4 is 5.32 Å². The number of nitrogens with one attached hydrogen (secondary N) is 1. The van der Waals surface area contributed by atoms with Crippen molar-refractivity contribution in [2.45, 2.75) is 46.1 Å². The molecule has 1 amide bonds. The van der Waals surface area contributed by atoms with E-state index in [1.54, 1.807) is 4.90 Å². The molecule has 2 saturated heterocycles. The molecule has 2 atom stereocenters. The number of carbonyl (C=O) groups excluding carboxylic acids is 1. The molecule has 2 aliphatic rings. The van der Waals surface area contributed by atoms with Gasteiger partial charge in [0.05, 0.1) is 5.41 Å². The summed E-state index contributed by atoms with van der Waals surface area (Å²) in [6.45, 7) is 9.55. The number of carbonyl (C=O) groups is 2. The Bertz CT molecular complexity index is 445. The van der Waals surface area contributed by atoms with Crippen molar-refractivity contribution in [3.63, 3.8) is 0 Å². The zero-order chi connectivity index (χ0) is 15.9. The van der Waals surface area contributed by atoms with Crippen LogP contribution in [0.1, 0.15) is 40.5 Å². The van der Waals surface area contributed by atoms with Gasteiger partial charge in [-0.15, -0.1) is 0 Å². The van der Waals surface area contributed by atoms with Gasteiger partial charge in [-0.3, -0.25) is 4.79 Å². The summed E-state index contributed by atoms with van der Waals surface area (Å²) in [4.78, 5) is 25.7. The smallest absolute Gasteiger partial charge is 0.410 e. The molecule has 2 N–H and O–H groups in total. The quantitative estimate of drug-likeness (QED) is 0.811. The van der Waals surface area contributed by atoms with Gasteiger partial charge in [0, 0.05) is 31.6 Å². The van der Waals surface area contributed by atoms with Crippen LogP contribution in [-0.2, 0) is 9.53 Å². The molecule has 2 aliphatic heterocycles. The van der Waals surface area contributed by atoms with Crippen molar-refractivity contribution in [1.29, 1.82) is 0 Å². The number of carboxylic acid groups (broad SMARTS) is 1. The maximum atomic E-state index is 12.2. The van der Waals surface area contributed by atoms with E-state index in [1.807, 2.05) is 27.7 Å². The number of likely N-dealkylation sites (tertiary alicyclic amines) is 1. The summed E-state index contributed by atoms with van der Waals surface area (Å²) in [5, 5.41) is 13.0. The first kappa shape index (κ1) is 16.1.